The maximum atomic E-state index is 11.5. The minimum absolute atomic E-state index is 0.123. The number of carbonyl (C=O) groups excluding carboxylic acids is 1. The third-order valence-corrected chi connectivity index (χ3v) is 3.23. The van der Waals surface area contributed by atoms with Crippen molar-refractivity contribution in [1.82, 2.24) is 15.6 Å². The SMILES string of the molecule is NCCNC(=O)NC1CCN(c2ccccn2)CC1. The summed E-state index contributed by atoms with van der Waals surface area (Å²) in [7, 11) is 0. The molecule has 1 aromatic heterocycles. The van der Waals surface area contributed by atoms with E-state index in [0.29, 0.717) is 13.1 Å². The molecule has 0 aromatic carbocycles. The number of nitrogens with one attached hydrogen (secondary N) is 2. The van der Waals surface area contributed by atoms with Crippen LogP contribution in [0.2, 0.25) is 0 Å². The number of hydrogen-bond donors (Lipinski definition) is 3. The molecule has 0 saturated carbocycles. The van der Waals surface area contributed by atoms with Crippen molar-refractivity contribution in [2.24, 2.45) is 5.73 Å². The zero-order valence-corrected chi connectivity index (χ0v) is 11.0. The molecule has 1 saturated heterocycles. The van der Waals surface area contributed by atoms with Crippen LogP contribution in [-0.2, 0) is 0 Å². The minimum atomic E-state index is -0.123. The normalized spacial score (nSPS) is 16.2. The standard InChI is InChI=1S/C13H21N5O/c14-6-8-16-13(19)17-11-4-9-18(10-5-11)12-3-1-2-7-15-12/h1-3,7,11H,4-6,8-10,14H2,(H2,16,17,19). The van der Waals surface area contributed by atoms with E-state index in [-0.39, 0.29) is 12.1 Å². The third-order valence-electron chi connectivity index (χ3n) is 3.23. The average Bonchev–Trinajstić information content (AvgIpc) is 2.47. The molecule has 0 radical (unpaired) electrons. The van der Waals surface area contributed by atoms with E-state index >= 15 is 0 Å². The topological polar surface area (TPSA) is 83.3 Å². The number of aromatic nitrogens is 1. The highest BCUT2D eigenvalue weighted by molar-refractivity contribution is 5.74. The van der Waals surface area contributed by atoms with Gasteiger partial charge in [-0.05, 0) is 25.0 Å². The first kappa shape index (κ1) is 13.6. The highest BCUT2D eigenvalue weighted by atomic mass is 16.2. The monoisotopic (exact) mass is 263 g/mol. The Morgan fingerprint density at radius 1 is 1.42 bits per heavy atom. The number of piperidine rings is 1. The van der Waals surface area contributed by atoms with Crippen LogP contribution < -0.4 is 21.3 Å². The summed E-state index contributed by atoms with van der Waals surface area (Å²) in [6, 6.07) is 6.04. The van der Waals surface area contributed by atoms with E-state index in [2.05, 4.69) is 20.5 Å². The van der Waals surface area contributed by atoms with Crippen molar-refractivity contribution in [2.45, 2.75) is 18.9 Å². The smallest absolute Gasteiger partial charge is 0.315 e. The van der Waals surface area contributed by atoms with Crippen LogP contribution in [0.15, 0.2) is 24.4 Å². The van der Waals surface area contributed by atoms with E-state index in [4.69, 9.17) is 5.73 Å². The zero-order valence-electron chi connectivity index (χ0n) is 11.0. The molecule has 1 fully saturated rings. The molecule has 19 heavy (non-hydrogen) atoms. The molecule has 2 heterocycles. The fraction of sp³-hybridized carbons (Fsp3) is 0.538. The molecular weight excluding hydrogens is 242 g/mol. The molecule has 4 N–H and O–H groups in total. The van der Waals surface area contributed by atoms with Gasteiger partial charge in [-0.3, -0.25) is 0 Å². The molecule has 2 amide bonds. The molecule has 2 rings (SSSR count). The van der Waals surface area contributed by atoms with Gasteiger partial charge in [0.05, 0.1) is 0 Å². The summed E-state index contributed by atoms with van der Waals surface area (Å²) < 4.78 is 0. The van der Waals surface area contributed by atoms with Gasteiger partial charge in [0, 0.05) is 38.4 Å². The summed E-state index contributed by atoms with van der Waals surface area (Å²) in [5.41, 5.74) is 5.34. The Balaban J connectivity index is 1.75. The van der Waals surface area contributed by atoms with Gasteiger partial charge in [-0.1, -0.05) is 6.07 Å². The average molecular weight is 263 g/mol. The Labute approximate surface area is 113 Å². The van der Waals surface area contributed by atoms with Crippen molar-refractivity contribution < 1.29 is 4.79 Å². The number of carbonyl (C=O) groups is 1. The molecule has 6 heteroatoms. The summed E-state index contributed by atoms with van der Waals surface area (Å²) in [5, 5.41) is 5.69. The van der Waals surface area contributed by atoms with E-state index in [1.54, 1.807) is 6.20 Å². The van der Waals surface area contributed by atoms with E-state index in [0.717, 1.165) is 31.7 Å². The fourth-order valence-electron chi connectivity index (χ4n) is 2.22. The van der Waals surface area contributed by atoms with Gasteiger partial charge >= 0.3 is 6.03 Å². The Bertz CT molecular complexity index is 389. The molecule has 0 atom stereocenters. The van der Waals surface area contributed by atoms with Crippen LogP contribution in [0.1, 0.15) is 12.8 Å². The number of pyridine rings is 1. The largest absolute Gasteiger partial charge is 0.356 e. The van der Waals surface area contributed by atoms with Gasteiger partial charge in [-0.25, -0.2) is 9.78 Å². The predicted molar refractivity (Wildman–Crippen MR) is 75.1 cm³/mol. The van der Waals surface area contributed by atoms with Crippen molar-refractivity contribution >= 4 is 11.8 Å². The lowest BCUT2D eigenvalue weighted by atomic mass is 10.1. The molecule has 6 nitrogen and oxygen atoms in total. The second kappa shape index (κ2) is 6.94. The summed E-state index contributed by atoms with van der Waals surface area (Å²) in [5.74, 6) is 1.01. The van der Waals surface area contributed by atoms with Gasteiger partial charge < -0.3 is 21.3 Å². The quantitative estimate of drug-likeness (QED) is 0.730. The molecule has 1 aromatic rings. The molecule has 104 valence electrons. The molecule has 1 aliphatic rings. The number of nitrogens with two attached hydrogens (primary N) is 1. The third kappa shape index (κ3) is 4.10. The second-order valence-corrected chi connectivity index (χ2v) is 4.64. The molecule has 0 bridgehead atoms. The predicted octanol–water partition coefficient (Wildman–Crippen LogP) is 0.308. The van der Waals surface area contributed by atoms with Crippen molar-refractivity contribution in [2.75, 3.05) is 31.1 Å². The lowest BCUT2D eigenvalue weighted by molar-refractivity contribution is 0.234. The van der Waals surface area contributed by atoms with Gasteiger partial charge in [0.25, 0.3) is 0 Å². The van der Waals surface area contributed by atoms with Crippen molar-refractivity contribution in [3.8, 4) is 0 Å². The first-order valence-corrected chi connectivity index (χ1v) is 6.70. The number of amides is 2. The minimum Gasteiger partial charge on any atom is -0.356 e. The van der Waals surface area contributed by atoms with Crippen LogP contribution >= 0.6 is 0 Å². The number of rotatable bonds is 4. The summed E-state index contributed by atoms with van der Waals surface area (Å²) in [6.45, 7) is 2.81. The molecule has 0 unspecified atom stereocenters. The van der Waals surface area contributed by atoms with Gasteiger partial charge in [0.1, 0.15) is 5.82 Å². The number of urea groups is 1. The maximum absolute atomic E-state index is 11.5. The van der Waals surface area contributed by atoms with Gasteiger partial charge in [0.2, 0.25) is 0 Å². The Hall–Kier alpha value is -1.82. The summed E-state index contributed by atoms with van der Waals surface area (Å²) >= 11 is 0. The van der Waals surface area contributed by atoms with Gasteiger partial charge in [0.15, 0.2) is 0 Å². The Kier molecular flexibility index (Phi) is 4.97. The maximum Gasteiger partial charge on any atom is 0.315 e. The molecular formula is C13H21N5O. The lowest BCUT2D eigenvalue weighted by Crippen LogP contribution is -2.48. The van der Waals surface area contributed by atoms with Crippen LogP contribution in [-0.4, -0.2) is 43.2 Å². The van der Waals surface area contributed by atoms with E-state index in [1.165, 1.54) is 0 Å². The van der Waals surface area contributed by atoms with Gasteiger partial charge in [-0.2, -0.15) is 0 Å². The van der Waals surface area contributed by atoms with Crippen molar-refractivity contribution in [3.05, 3.63) is 24.4 Å². The Morgan fingerprint density at radius 3 is 2.84 bits per heavy atom. The summed E-state index contributed by atoms with van der Waals surface area (Å²) in [4.78, 5) is 18.1. The fourth-order valence-corrected chi connectivity index (χ4v) is 2.22. The molecule has 0 spiro atoms. The Morgan fingerprint density at radius 2 is 2.21 bits per heavy atom. The number of nitrogens with zero attached hydrogens (tertiary/aromatic N) is 2. The van der Waals surface area contributed by atoms with Crippen LogP contribution in [0, 0.1) is 0 Å². The zero-order chi connectivity index (χ0) is 13.5. The van der Waals surface area contributed by atoms with E-state index in [9.17, 15) is 4.79 Å². The highest BCUT2D eigenvalue weighted by Crippen LogP contribution is 2.16. The van der Waals surface area contributed by atoms with E-state index in [1.807, 2.05) is 18.2 Å². The van der Waals surface area contributed by atoms with Crippen molar-refractivity contribution in [3.63, 3.8) is 0 Å². The lowest BCUT2D eigenvalue weighted by Gasteiger charge is -2.33. The van der Waals surface area contributed by atoms with Crippen LogP contribution in [0.25, 0.3) is 0 Å². The first-order valence-electron chi connectivity index (χ1n) is 6.70. The van der Waals surface area contributed by atoms with Crippen LogP contribution in [0.5, 0.6) is 0 Å². The molecule has 0 aliphatic carbocycles. The van der Waals surface area contributed by atoms with Crippen molar-refractivity contribution in [1.29, 1.82) is 0 Å². The number of anilines is 1. The number of hydrogen-bond acceptors (Lipinski definition) is 4. The second-order valence-electron chi connectivity index (χ2n) is 4.64. The first-order chi connectivity index (χ1) is 9.29. The van der Waals surface area contributed by atoms with Crippen LogP contribution in [0.4, 0.5) is 10.6 Å². The highest BCUT2D eigenvalue weighted by Gasteiger charge is 2.21. The summed E-state index contributed by atoms with van der Waals surface area (Å²) in [6.07, 6.45) is 3.68. The van der Waals surface area contributed by atoms with Crippen LogP contribution in [0.3, 0.4) is 0 Å². The molecule has 1 aliphatic heterocycles. The van der Waals surface area contributed by atoms with Gasteiger partial charge in [-0.15, -0.1) is 0 Å². The van der Waals surface area contributed by atoms with E-state index < -0.39 is 0 Å².